The Balaban J connectivity index is 1.63. The van der Waals surface area contributed by atoms with Crippen LogP contribution in [0.2, 0.25) is 0 Å². The summed E-state index contributed by atoms with van der Waals surface area (Å²) in [5.74, 6) is 1.51. The lowest BCUT2D eigenvalue weighted by molar-refractivity contribution is -0.148. The number of anilines is 1. The number of aryl methyl sites for hydroxylation is 1. The number of aromatic nitrogens is 2. The minimum absolute atomic E-state index is 0.0106. The van der Waals surface area contributed by atoms with Gasteiger partial charge in [-0.3, -0.25) is 4.79 Å². The topological polar surface area (TPSA) is 67.3 Å². The van der Waals surface area contributed by atoms with Gasteiger partial charge in [-0.25, -0.2) is 9.97 Å². The summed E-state index contributed by atoms with van der Waals surface area (Å²) in [7, 11) is 0. The van der Waals surface area contributed by atoms with E-state index in [2.05, 4.69) is 51.4 Å². The van der Waals surface area contributed by atoms with Crippen LogP contribution in [0.4, 0.5) is 5.82 Å². The SMILES string of the molecule is CCOC(=O)C1CCN(c2ncnc(CC)c2CNCC2C=CC=CC2)CC1. The second-order valence-electron chi connectivity index (χ2n) is 7.43. The van der Waals surface area contributed by atoms with Crippen molar-refractivity contribution in [1.29, 1.82) is 0 Å². The summed E-state index contributed by atoms with van der Waals surface area (Å²) in [5.41, 5.74) is 2.29. The maximum Gasteiger partial charge on any atom is 0.309 e. The molecule has 0 saturated carbocycles. The van der Waals surface area contributed by atoms with E-state index in [0.29, 0.717) is 12.5 Å². The molecule has 1 aromatic rings. The number of carbonyl (C=O) groups excluding carboxylic acids is 1. The van der Waals surface area contributed by atoms with Gasteiger partial charge in [0.15, 0.2) is 0 Å². The Kier molecular flexibility index (Phi) is 7.60. The molecule has 0 amide bonds. The van der Waals surface area contributed by atoms with Crippen LogP contribution < -0.4 is 10.2 Å². The molecule has 6 nitrogen and oxygen atoms in total. The molecule has 2 heterocycles. The van der Waals surface area contributed by atoms with Gasteiger partial charge >= 0.3 is 5.97 Å². The fourth-order valence-electron chi connectivity index (χ4n) is 3.95. The highest BCUT2D eigenvalue weighted by Crippen LogP contribution is 2.27. The number of rotatable bonds is 8. The number of ether oxygens (including phenoxy) is 1. The molecule has 6 heteroatoms. The van der Waals surface area contributed by atoms with E-state index in [4.69, 9.17) is 4.74 Å². The monoisotopic (exact) mass is 384 g/mol. The number of nitrogens with one attached hydrogen (secondary N) is 1. The van der Waals surface area contributed by atoms with E-state index in [-0.39, 0.29) is 11.9 Å². The molecule has 152 valence electrons. The number of carbonyl (C=O) groups is 1. The molecule has 1 aliphatic heterocycles. The standard InChI is InChI=1S/C22H32N4O2/c1-3-20-19(15-23-14-17-8-6-5-7-9-17)21(25-16-24-20)26-12-10-18(11-13-26)22(27)28-4-2/h5-8,16-18,23H,3-4,9-15H2,1-2H3. The molecule has 1 atom stereocenters. The predicted molar refractivity (Wildman–Crippen MR) is 111 cm³/mol. The molecule has 2 aliphatic rings. The van der Waals surface area contributed by atoms with Gasteiger partial charge in [0.1, 0.15) is 12.1 Å². The Morgan fingerprint density at radius 2 is 2.07 bits per heavy atom. The number of allylic oxidation sites excluding steroid dienone is 3. The zero-order valence-corrected chi connectivity index (χ0v) is 17.1. The van der Waals surface area contributed by atoms with Crippen LogP contribution in [-0.2, 0) is 22.5 Å². The molecule has 1 aromatic heterocycles. The van der Waals surface area contributed by atoms with Gasteiger partial charge in [0.2, 0.25) is 0 Å². The average molecular weight is 385 g/mol. The lowest BCUT2D eigenvalue weighted by atomic mass is 9.96. The van der Waals surface area contributed by atoms with Gasteiger partial charge < -0.3 is 15.0 Å². The van der Waals surface area contributed by atoms with Crippen LogP contribution in [-0.4, -0.2) is 42.2 Å². The van der Waals surface area contributed by atoms with Gasteiger partial charge in [-0.1, -0.05) is 31.2 Å². The number of esters is 1. The molecular weight excluding hydrogens is 352 g/mol. The summed E-state index contributed by atoms with van der Waals surface area (Å²) in [6.07, 6.45) is 14.0. The molecule has 28 heavy (non-hydrogen) atoms. The first-order valence-corrected chi connectivity index (χ1v) is 10.5. The van der Waals surface area contributed by atoms with Crippen molar-refractivity contribution >= 4 is 11.8 Å². The Morgan fingerprint density at radius 3 is 2.75 bits per heavy atom. The minimum atomic E-state index is -0.0597. The van der Waals surface area contributed by atoms with Gasteiger partial charge in [0.25, 0.3) is 0 Å². The van der Waals surface area contributed by atoms with Gasteiger partial charge in [-0.15, -0.1) is 0 Å². The third-order valence-corrected chi connectivity index (χ3v) is 5.54. The first-order valence-electron chi connectivity index (χ1n) is 10.5. The Labute approximate surface area is 168 Å². The predicted octanol–water partition coefficient (Wildman–Crippen LogP) is 3.04. The molecule has 0 bridgehead atoms. The molecule has 3 rings (SSSR count). The van der Waals surface area contributed by atoms with Crippen molar-refractivity contribution in [2.24, 2.45) is 11.8 Å². The summed E-state index contributed by atoms with van der Waals surface area (Å²) in [6.45, 7) is 7.82. The van der Waals surface area contributed by atoms with Crippen LogP contribution in [0.15, 0.2) is 30.6 Å². The van der Waals surface area contributed by atoms with Crippen LogP contribution in [0.5, 0.6) is 0 Å². The maximum atomic E-state index is 12.0. The highest BCUT2D eigenvalue weighted by atomic mass is 16.5. The number of hydrogen-bond acceptors (Lipinski definition) is 6. The van der Waals surface area contributed by atoms with Crippen molar-refractivity contribution in [2.45, 2.75) is 46.1 Å². The van der Waals surface area contributed by atoms with Gasteiger partial charge in [-0.2, -0.15) is 0 Å². The minimum Gasteiger partial charge on any atom is -0.466 e. The Morgan fingerprint density at radius 1 is 1.25 bits per heavy atom. The van der Waals surface area contributed by atoms with Gasteiger partial charge in [0, 0.05) is 31.7 Å². The zero-order valence-electron chi connectivity index (χ0n) is 17.1. The van der Waals surface area contributed by atoms with Crippen molar-refractivity contribution in [3.8, 4) is 0 Å². The highest BCUT2D eigenvalue weighted by Gasteiger charge is 2.28. The van der Waals surface area contributed by atoms with Crippen LogP contribution in [0.25, 0.3) is 0 Å². The van der Waals surface area contributed by atoms with Crippen molar-refractivity contribution in [1.82, 2.24) is 15.3 Å². The average Bonchev–Trinajstić information content (AvgIpc) is 2.75. The van der Waals surface area contributed by atoms with E-state index >= 15 is 0 Å². The number of hydrogen-bond donors (Lipinski definition) is 1. The van der Waals surface area contributed by atoms with Crippen molar-refractivity contribution in [2.75, 3.05) is 31.1 Å². The van der Waals surface area contributed by atoms with Crippen molar-refractivity contribution < 1.29 is 9.53 Å². The van der Waals surface area contributed by atoms with Gasteiger partial charge in [-0.05, 0) is 38.5 Å². The van der Waals surface area contributed by atoms with Crippen LogP contribution in [0.1, 0.15) is 44.4 Å². The molecule has 1 N–H and O–H groups in total. The zero-order chi connectivity index (χ0) is 19.8. The van der Waals surface area contributed by atoms with Crippen molar-refractivity contribution in [3.05, 3.63) is 41.9 Å². The summed E-state index contributed by atoms with van der Waals surface area (Å²) >= 11 is 0. The number of piperidine rings is 1. The second kappa shape index (κ2) is 10.4. The first kappa shape index (κ1) is 20.5. The first-order chi connectivity index (χ1) is 13.7. The summed E-state index contributed by atoms with van der Waals surface area (Å²) in [4.78, 5) is 23.4. The molecular formula is C22H32N4O2. The normalized spacial score (nSPS) is 19.8. The Bertz CT molecular complexity index is 708. The highest BCUT2D eigenvalue weighted by molar-refractivity contribution is 5.72. The van der Waals surface area contributed by atoms with E-state index in [1.54, 1.807) is 6.33 Å². The molecule has 0 aromatic carbocycles. The lowest BCUT2D eigenvalue weighted by Gasteiger charge is -2.33. The number of nitrogens with zero attached hydrogens (tertiary/aromatic N) is 3. The summed E-state index contributed by atoms with van der Waals surface area (Å²) in [6, 6.07) is 0. The molecule has 0 spiro atoms. The lowest BCUT2D eigenvalue weighted by Crippen LogP contribution is -2.38. The fourth-order valence-corrected chi connectivity index (χ4v) is 3.95. The third kappa shape index (κ3) is 5.19. The molecule has 0 radical (unpaired) electrons. The molecule has 1 saturated heterocycles. The fraction of sp³-hybridized carbons (Fsp3) is 0.591. The van der Waals surface area contributed by atoms with Gasteiger partial charge in [0.05, 0.1) is 18.2 Å². The van der Waals surface area contributed by atoms with E-state index in [0.717, 1.165) is 63.4 Å². The molecule has 1 unspecified atom stereocenters. The summed E-state index contributed by atoms with van der Waals surface area (Å²) in [5, 5.41) is 3.60. The Hall–Kier alpha value is -2.21. The molecule has 1 aliphatic carbocycles. The van der Waals surface area contributed by atoms with Crippen LogP contribution in [0.3, 0.4) is 0 Å². The van der Waals surface area contributed by atoms with E-state index in [1.165, 1.54) is 5.56 Å². The smallest absolute Gasteiger partial charge is 0.309 e. The maximum absolute atomic E-state index is 12.0. The second-order valence-corrected chi connectivity index (χ2v) is 7.43. The van der Waals surface area contributed by atoms with Crippen LogP contribution >= 0.6 is 0 Å². The summed E-state index contributed by atoms with van der Waals surface area (Å²) < 4.78 is 5.19. The third-order valence-electron chi connectivity index (χ3n) is 5.54. The van der Waals surface area contributed by atoms with Crippen LogP contribution in [0, 0.1) is 11.8 Å². The largest absolute Gasteiger partial charge is 0.466 e. The van der Waals surface area contributed by atoms with E-state index in [1.807, 2.05) is 6.92 Å². The quantitative estimate of drug-likeness (QED) is 0.695. The molecule has 1 fully saturated rings. The van der Waals surface area contributed by atoms with E-state index in [9.17, 15) is 4.79 Å². The van der Waals surface area contributed by atoms with Crippen molar-refractivity contribution in [3.63, 3.8) is 0 Å². The van der Waals surface area contributed by atoms with E-state index < -0.39 is 0 Å².